The van der Waals surface area contributed by atoms with Crippen LogP contribution in [0.5, 0.6) is 0 Å². The Bertz CT molecular complexity index is 61.8. The summed E-state index contributed by atoms with van der Waals surface area (Å²) in [5.74, 6) is 0. The Labute approximate surface area is 50.3 Å². The predicted octanol–water partition coefficient (Wildman–Crippen LogP) is 1.04. The Morgan fingerprint density at radius 3 is 1.67 bits per heavy atom. The van der Waals surface area contributed by atoms with Gasteiger partial charge in [0.2, 0.25) is 0 Å². The van der Waals surface area contributed by atoms with E-state index >= 15 is 0 Å². The Morgan fingerprint density at radius 1 is 1.50 bits per heavy atom. The fourth-order valence-corrected chi connectivity index (χ4v) is 0. The zero-order valence-electron chi connectivity index (χ0n) is 4.30. The van der Waals surface area contributed by atoms with Crippen molar-refractivity contribution in [3.8, 4) is 0 Å². The average molecular weight is 274 g/mol. The van der Waals surface area contributed by atoms with Crippen LogP contribution in [-0.2, 0) is 18.8 Å². The second kappa shape index (κ2) is 3.02. The molecule has 0 saturated heterocycles. The minimum absolute atomic E-state index is 0.257. The molecule has 0 N–H and O–H groups in total. The molecule has 0 amide bonds. The molecule has 0 aliphatic heterocycles. The number of hydrogen-bond acceptors (Lipinski definition) is 1. The summed E-state index contributed by atoms with van der Waals surface area (Å²) < 4.78 is 2.27. The zero-order valence-corrected chi connectivity index (χ0v) is 8.13. The predicted molar refractivity (Wildman–Crippen MR) is 26.5 cm³/mol. The van der Waals surface area contributed by atoms with Gasteiger partial charge in [0.25, 0.3) is 0 Å². The molecule has 0 saturated carbocycles. The van der Waals surface area contributed by atoms with E-state index in [4.69, 9.17) is 0 Å². The molecule has 1 atom stereocenters. The van der Waals surface area contributed by atoms with Crippen LogP contribution in [0.2, 0.25) is 0 Å². The molecule has 1 unspecified atom stereocenters. The van der Waals surface area contributed by atoms with Gasteiger partial charge in [-0.15, -0.1) is 0 Å². The molecular weight excluding hydrogens is 265 g/mol. The van der Waals surface area contributed by atoms with Gasteiger partial charge in [0.05, 0.1) is 0 Å². The number of rotatable bonds is 1. The Morgan fingerprint density at radius 2 is 1.67 bits per heavy atom. The molecule has 6 heavy (non-hydrogen) atoms. The molecule has 0 spiro atoms. The second-order valence-corrected chi connectivity index (χ2v) is 8.74. The molecule has 0 aliphatic carbocycles. The summed E-state index contributed by atoms with van der Waals surface area (Å²) in [5.41, 5.74) is 0.257. The first-order chi connectivity index (χ1) is 2.64. The first kappa shape index (κ1) is 6.95. The third kappa shape index (κ3) is 3.15. The monoisotopic (exact) mass is 274 g/mol. The van der Waals surface area contributed by atoms with E-state index in [2.05, 4.69) is 25.4 Å². The zero-order chi connectivity index (χ0) is 5.15. The first-order valence-corrected chi connectivity index (χ1v) is 7.32. The molecule has 1 nitrogen and oxygen atoms in total. The van der Waals surface area contributed by atoms with Gasteiger partial charge >= 0.3 is 49.9 Å². The standard InChI is InChI=1S/C3H9NP.W/c1-4(2)5-3;/h1-3H3;/q-1;+2. The minimum atomic E-state index is 0.257. The molecule has 0 aromatic carbocycles. The molecule has 0 fully saturated rings. The summed E-state index contributed by atoms with van der Waals surface area (Å²) in [6.45, 7) is 2.27. The second-order valence-electron chi connectivity index (χ2n) is 1.31. The quantitative estimate of drug-likeness (QED) is 0.646. The van der Waals surface area contributed by atoms with Crippen molar-refractivity contribution < 1.29 is 18.8 Å². The SMILES string of the molecule is CN(C)[P+](C)=[W]. The maximum absolute atomic E-state index is 2.27. The van der Waals surface area contributed by atoms with Crippen LogP contribution in [-0.4, -0.2) is 25.4 Å². The van der Waals surface area contributed by atoms with E-state index in [1.54, 1.807) is 18.8 Å². The fraction of sp³-hybridized carbons (Fsp3) is 1.00. The van der Waals surface area contributed by atoms with Gasteiger partial charge < -0.3 is 0 Å². The summed E-state index contributed by atoms with van der Waals surface area (Å²) >= 11 is 1.70. The van der Waals surface area contributed by atoms with Crippen LogP contribution >= 0.6 is 5.71 Å². The maximum atomic E-state index is 2.27. The molecule has 3 heteroatoms. The van der Waals surface area contributed by atoms with Crippen molar-refractivity contribution in [3.63, 3.8) is 0 Å². The van der Waals surface area contributed by atoms with E-state index in [1.807, 2.05) is 0 Å². The van der Waals surface area contributed by atoms with Crippen molar-refractivity contribution in [3.05, 3.63) is 0 Å². The van der Waals surface area contributed by atoms with Gasteiger partial charge in [0.1, 0.15) is 0 Å². The molecule has 0 radical (unpaired) electrons. The average Bonchev–Trinajstić information content (AvgIpc) is 1.36. The van der Waals surface area contributed by atoms with Gasteiger partial charge in [0.15, 0.2) is 0 Å². The van der Waals surface area contributed by atoms with Gasteiger partial charge in [-0.2, -0.15) is 0 Å². The fourth-order valence-electron chi connectivity index (χ4n) is 0. The topological polar surface area (TPSA) is 3.24 Å². The number of hydrogen-bond donors (Lipinski definition) is 0. The molecule has 0 aromatic heterocycles. The van der Waals surface area contributed by atoms with Crippen molar-refractivity contribution in [1.82, 2.24) is 4.67 Å². The molecule has 0 aromatic rings. The molecular formula is C3H9NPW+. The van der Waals surface area contributed by atoms with E-state index in [0.29, 0.717) is 0 Å². The van der Waals surface area contributed by atoms with Crippen molar-refractivity contribution in [1.29, 1.82) is 0 Å². The molecule has 0 bridgehead atoms. The normalized spacial score (nSPS) is 12.3. The van der Waals surface area contributed by atoms with Crippen molar-refractivity contribution in [2.24, 2.45) is 0 Å². The Kier molecular flexibility index (Phi) is 3.49. The van der Waals surface area contributed by atoms with Crippen LogP contribution in [0.4, 0.5) is 0 Å². The molecule has 36 valence electrons. The summed E-state index contributed by atoms with van der Waals surface area (Å²) in [7, 11) is 4.25. The van der Waals surface area contributed by atoms with E-state index in [0.717, 1.165) is 0 Å². The summed E-state index contributed by atoms with van der Waals surface area (Å²) in [6, 6.07) is 0. The van der Waals surface area contributed by atoms with Crippen LogP contribution in [0.15, 0.2) is 0 Å². The van der Waals surface area contributed by atoms with Crippen LogP contribution < -0.4 is 0 Å². The van der Waals surface area contributed by atoms with Crippen LogP contribution in [0, 0.1) is 0 Å². The van der Waals surface area contributed by atoms with Crippen LogP contribution in [0.25, 0.3) is 0 Å². The van der Waals surface area contributed by atoms with Crippen molar-refractivity contribution >= 4 is 5.71 Å². The van der Waals surface area contributed by atoms with Gasteiger partial charge in [-0.3, -0.25) is 0 Å². The van der Waals surface area contributed by atoms with Crippen molar-refractivity contribution in [2.45, 2.75) is 0 Å². The van der Waals surface area contributed by atoms with Gasteiger partial charge in [-0.1, -0.05) is 0 Å². The molecule has 0 heterocycles. The van der Waals surface area contributed by atoms with Crippen LogP contribution in [0.1, 0.15) is 0 Å². The van der Waals surface area contributed by atoms with Gasteiger partial charge in [-0.25, -0.2) is 0 Å². The first-order valence-electron chi connectivity index (χ1n) is 1.72. The van der Waals surface area contributed by atoms with Gasteiger partial charge in [0, 0.05) is 0 Å². The van der Waals surface area contributed by atoms with Crippen molar-refractivity contribution in [2.75, 3.05) is 20.8 Å². The summed E-state index contributed by atoms with van der Waals surface area (Å²) in [6.07, 6.45) is 0. The van der Waals surface area contributed by atoms with Crippen LogP contribution in [0.3, 0.4) is 0 Å². The molecule has 0 aliphatic rings. The van der Waals surface area contributed by atoms with Gasteiger partial charge in [-0.05, 0) is 0 Å². The third-order valence-electron chi connectivity index (χ3n) is 0.563. The Balaban J connectivity index is 3.26. The van der Waals surface area contributed by atoms with E-state index in [1.165, 1.54) is 0 Å². The summed E-state index contributed by atoms with van der Waals surface area (Å²) in [4.78, 5) is 0. The van der Waals surface area contributed by atoms with E-state index in [9.17, 15) is 0 Å². The van der Waals surface area contributed by atoms with E-state index in [-0.39, 0.29) is 5.71 Å². The molecule has 0 rings (SSSR count). The summed E-state index contributed by atoms with van der Waals surface area (Å²) in [5, 5.41) is 0. The third-order valence-corrected chi connectivity index (χ3v) is 5.21. The number of nitrogens with zero attached hydrogens (tertiary/aromatic N) is 1. The Hall–Kier alpha value is 0.948. The van der Waals surface area contributed by atoms with E-state index < -0.39 is 0 Å².